The molecular weight excluding hydrogens is 260 g/mol. The Morgan fingerprint density at radius 3 is 2.55 bits per heavy atom. The van der Waals surface area contributed by atoms with Crippen molar-refractivity contribution in [3.05, 3.63) is 33.0 Å². The van der Waals surface area contributed by atoms with Crippen LogP contribution in [0.15, 0.2) is 21.7 Å². The minimum atomic E-state index is -0.400. The lowest BCUT2D eigenvalue weighted by Gasteiger charge is -2.11. The topological polar surface area (TPSA) is 73.3 Å². The van der Waals surface area contributed by atoms with Gasteiger partial charge in [0.05, 0.1) is 19.7 Å². The largest absolute Gasteiger partial charge is 0.493 e. The van der Waals surface area contributed by atoms with Gasteiger partial charge in [-0.15, -0.1) is 0 Å². The van der Waals surface area contributed by atoms with Gasteiger partial charge in [-0.25, -0.2) is 4.79 Å². The summed E-state index contributed by atoms with van der Waals surface area (Å²) in [6.45, 7) is 2.39. The van der Waals surface area contributed by atoms with E-state index in [-0.39, 0.29) is 5.56 Å². The summed E-state index contributed by atoms with van der Waals surface area (Å²) >= 11 is 0. The Kier molecular flexibility index (Phi) is 4.12. The molecule has 0 fully saturated rings. The van der Waals surface area contributed by atoms with Crippen LogP contribution in [0.4, 0.5) is 0 Å². The van der Waals surface area contributed by atoms with Crippen LogP contribution in [0.2, 0.25) is 0 Å². The number of nitrogens with zero attached hydrogens (tertiary/aromatic N) is 1. The van der Waals surface area contributed by atoms with Crippen LogP contribution in [0.25, 0.3) is 10.9 Å². The van der Waals surface area contributed by atoms with Crippen molar-refractivity contribution in [3.63, 3.8) is 0 Å². The van der Waals surface area contributed by atoms with Crippen molar-refractivity contribution in [2.24, 2.45) is 0 Å². The molecule has 6 nitrogen and oxygen atoms in total. The normalized spacial score (nSPS) is 10.8. The summed E-state index contributed by atoms with van der Waals surface area (Å²) in [5, 5.41) is 0.336. The van der Waals surface area contributed by atoms with Crippen molar-refractivity contribution < 1.29 is 9.47 Å². The number of aromatic nitrogens is 2. The number of unbranched alkanes of at least 4 members (excludes halogenated alkanes) is 1. The first-order valence-electron chi connectivity index (χ1n) is 6.51. The summed E-state index contributed by atoms with van der Waals surface area (Å²) in [6, 6.07) is 3.30. The van der Waals surface area contributed by atoms with E-state index in [2.05, 4.69) is 4.98 Å². The van der Waals surface area contributed by atoms with Gasteiger partial charge in [-0.1, -0.05) is 13.3 Å². The maximum absolute atomic E-state index is 12.5. The molecule has 0 amide bonds. The fourth-order valence-corrected chi connectivity index (χ4v) is 2.17. The van der Waals surface area contributed by atoms with Crippen LogP contribution in [-0.4, -0.2) is 23.8 Å². The monoisotopic (exact) mass is 278 g/mol. The highest BCUT2D eigenvalue weighted by molar-refractivity contribution is 5.86. The summed E-state index contributed by atoms with van der Waals surface area (Å²) in [6.07, 6.45) is 1.67. The summed E-state index contributed by atoms with van der Waals surface area (Å²) < 4.78 is 11.7. The number of nitrogens with one attached hydrogen (secondary N) is 1. The molecule has 0 unspecified atom stereocenters. The maximum Gasteiger partial charge on any atom is 0.328 e. The zero-order valence-electron chi connectivity index (χ0n) is 11.9. The van der Waals surface area contributed by atoms with Crippen LogP contribution in [0.3, 0.4) is 0 Å². The highest BCUT2D eigenvalue weighted by Crippen LogP contribution is 2.31. The van der Waals surface area contributed by atoms with Crippen molar-refractivity contribution in [2.75, 3.05) is 14.2 Å². The molecule has 1 heterocycles. The Morgan fingerprint density at radius 2 is 1.95 bits per heavy atom. The van der Waals surface area contributed by atoms with Crippen LogP contribution in [0.1, 0.15) is 19.8 Å². The number of hydrogen-bond donors (Lipinski definition) is 1. The number of fused-ring (bicyclic) bond motifs is 1. The lowest BCUT2D eigenvalue weighted by atomic mass is 10.2. The van der Waals surface area contributed by atoms with Gasteiger partial charge in [-0.05, 0) is 18.6 Å². The molecule has 0 atom stereocenters. The van der Waals surface area contributed by atoms with Crippen LogP contribution in [0.5, 0.6) is 11.5 Å². The van der Waals surface area contributed by atoms with Crippen molar-refractivity contribution in [3.8, 4) is 11.5 Å². The molecule has 1 N–H and O–H groups in total. The number of ether oxygens (including phenoxy) is 2. The molecule has 0 aliphatic heterocycles. The SMILES string of the molecule is CCCCn1c(=O)[nH]c2ccc(OC)c(OC)c2c1=O. The Hall–Kier alpha value is -2.24. The molecule has 1 aromatic heterocycles. The molecule has 0 spiro atoms. The minimum Gasteiger partial charge on any atom is -0.493 e. The molecule has 0 aliphatic carbocycles. The zero-order valence-corrected chi connectivity index (χ0v) is 11.9. The molecule has 0 radical (unpaired) electrons. The van der Waals surface area contributed by atoms with Gasteiger partial charge in [0.2, 0.25) is 0 Å². The van der Waals surface area contributed by atoms with E-state index in [4.69, 9.17) is 9.47 Å². The van der Waals surface area contributed by atoms with E-state index >= 15 is 0 Å². The first-order valence-corrected chi connectivity index (χ1v) is 6.51. The standard InChI is InChI=1S/C14H18N2O4/c1-4-5-8-16-13(17)11-9(15-14(16)18)6-7-10(19-2)12(11)20-3/h6-7H,4-5,8H2,1-3H3,(H,15,18). The van der Waals surface area contributed by atoms with Gasteiger partial charge in [0, 0.05) is 6.54 Å². The van der Waals surface area contributed by atoms with Crippen LogP contribution >= 0.6 is 0 Å². The summed E-state index contributed by atoms with van der Waals surface area (Å²) in [7, 11) is 2.98. The summed E-state index contributed by atoms with van der Waals surface area (Å²) in [5.41, 5.74) is -0.304. The van der Waals surface area contributed by atoms with Gasteiger partial charge >= 0.3 is 5.69 Å². The smallest absolute Gasteiger partial charge is 0.328 e. The Bertz CT molecular complexity index is 730. The van der Waals surface area contributed by atoms with E-state index in [9.17, 15) is 9.59 Å². The predicted octanol–water partition coefficient (Wildman–Crippen LogP) is 1.51. The molecular formula is C14H18N2O4. The Morgan fingerprint density at radius 1 is 1.20 bits per heavy atom. The predicted molar refractivity (Wildman–Crippen MR) is 76.8 cm³/mol. The average molecular weight is 278 g/mol. The lowest BCUT2D eigenvalue weighted by molar-refractivity contribution is 0.358. The second-order valence-electron chi connectivity index (χ2n) is 4.46. The molecule has 20 heavy (non-hydrogen) atoms. The van der Waals surface area contributed by atoms with Crippen LogP contribution < -0.4 is 20.7 Å². The highest BCUT2D eigenvalue weighted by atomic mass is 16.5. The number of methoxy groups -OCH3 is 2. The molecule has 0 aliphatic rings. The van der Waals surface area contributed by atoms with Gasteiger partial charge < -0.3 is 14.5 Å². The molecule has 1 aromatic carbocycles. The third-order valence-electron chi connectivity index (χ3n) is 3.23. The van der Waals surface area contributed by atoms with Gasteiger partial charge in [0.15, 0.2) is 11.5 Å². The van der Waals surface area contributed by atoms with Crippen molar-refractivity contribution in [1.82, 2.24) is 9.55 Å². The van der Waals surface area contributed by atoms with Crippen molar-refractivity contribution in [1.29, 1.82) is 0 Å². The van der Waals surface area contributed by atoms with Gasteiger partial charge in [0.1, 0.15) is 5.39 Å². The number of aromatic amines is 1. The molecule has 6 heteroatoms. The molecule has 2 rings (SSSR count). The highest BCUT2D eigenvalue weighted by Gasteiger charge is 2.15. The molecule has 0 bridgehead atoms. The van der Waals surface area contributed by atoms with E-state index < -0.39 is 5.69 Å². The van der Waals surface area contributed by atoms with Crippen molar-refractivity contribution >= 4 is 10.9 Å². The van der Waals surface area contributed by atoms with E-state index in [1.54, 1.807) is 12.1 Å². The lowest BCUT2D eigenvalue weighted by Crippen LogP contribution is -2.35. The van der Waals surface area contributed by atoms with Gasteiger partial charge in [0.25, 0.3) is 5.56 Å². The quantitative estimate of drug-likeness (QED) is 0.899. The first kappa shape index (κ1) is 14.2. The number of rotatable bonds is 5. The number of hydrogen-bond acceptors (Lipinski definition) is 4. The Balaban J connectivity index is 2.80. The second kappa shape index (κ2) is 5.81. The molecule has 2 aromatic rings. The molecule has 108 valence electrons. The number of benzene rings is 1. The Labute approximate surface area is 116 Å². The van der Waals surface area contributed by atoms with Crippen molar-refractivity contribution in [2.45, 2.75) is 26.3 Å². The average Bonchev–Trinajstić information content (AvgIpc) is 2.45. The van der Waals surface area contributed by atoms with Crippen LogP contribution in [-0.2, 0) is 6.54 Å². The van der Waals surface area contributed by atoms with Gasteiger partial charge in [-0.3, -0.25) is 9.36 Å². The zero-order chi connectivity index (χ0) is 14.7. The third kappa shape index (κ3) is 2.29. The van der Waals surface area contributed by atoms with E-state index in [1.165, 1.54) is 18.8 Å². The minimum absolute atomic E-state index is 0.336. The summed E-state index contributed by atoms with van der Waals surface area (Å²) in [4.78, 5) is 27.2. The van der Waals surface area contributed by atoms with Crippen LogP contribution in [0, 0.1) is 0 Å². The molecule has 0 saturated carbocycles. The number of H-pyrrole nitrogens is 1. The van der Waals surface area contributed by atoms with Gasteiger partial charge in [-0.2, -0.15) is 0 Å². The fourth-order valence-electron chi connectivity index (χ4n) is 2.17. The third-order valence-corrected chi connectivity index (χ3v) is 3.23. The van der Waals surface area contributed by atoms with E-state index in [0.717, 1.165) is 12.8 Å². The maximum atomic E-state index is 12.5. The van der Waals surface area contributed by atoms with E-state index in [1.807, 2.05) is 6.92 Å². The van der Waals surface area contributed by atoms with E-state index in [0.29, 0.717) is 28.9 Å². The molecule has 0 saturated heterocycles. The fraction of sp³-hybridized carbons (Fsp3) is 0.429. The summed E-state index contributed by atoms with van der Waals surface area (Å²) in [5.74, 6) is 0.808. The second-order valence-corrected chi connectivity index (χ2v) is 4.46. The first-order chi connectivity index (χ1) is 9.63.